The summed E-state index contributed by atoms with van der Waals surface area (Å²) in [5.74, 6) is -0.744. The molecule has 0 aromatic carbocycles. The van der Waals surface area contributed by atoms with E-state index in [2.05, 4.69) is 11.9 Å². The monoisotopic (exact) mass is 169 g/mol. The molecule has 68 valence electrons. The maximum absolute atomic E-state index is 10.2. The number of carboxylic acids is 1. The normalized spacial score (nSPS) is 23.0. The van der Waals surface area contributed by atoms with E-state index in [-0.39, 0.29) is 6.42 Å². The fourth-order valence-electron chi connectivity index (χ4n) is 1.51. The molecule has 3 nitrogen and oxygen atoms in total. The van der Waals surface area contributed by atoms with E-state index in [9.17, 15) is 4.79 Å². The van der Waals surface area contributed by atoms with Gasteiger partial charge in [-0.3, -0.25) is 4.79 Å². The summed E-state index contributed by atoms with van der Waals surface area (Å²) >= 11 is 0. The number of nitrogens with one attached hydrogen (secondary N) is 1. The summed E-state index contributed by atoms with van der Waals surface area (Å²) in [7, 11) is 0. The number of hydrogen-bond donors (Lipinski definition) is 2. The standard InChI is InChI=1S/C9H15NO2/c1-7-3-2-4-8(7)10-6-5-9(11)12/h8,10H,1-6H2,(H,11,12). The summed E-state index contributed by atoms with van der Waals surface area (Å²) in [5, 5.41) is 11.6. The molecule has 0 heterocycles. The largest absolute Gasteiger partial charge is 0.481 e. The van der Waals surface area contributed by atoms with Crippen molar-refractivity contribution < 1.29 is 9.90 Å². The van der Waals surface area contributed by atoms with Crippen LogP contribution in [0.1, 0.15) is 25.7 Å². The Morgan fingerprint density at radius 1 is 1.75 bits per heavy atom. The Balaban J connectivity index is 2.14. The van der Waals surface area contributed by atoms with Crippen LogP contribution >= 0.6 is 0 Å². The van der Waals surface area contributed by atoms with E-state index in [0.29, 0.717) is 12.6 Å². The van der Waals surface area contributed by atoms with Gasteiger partial charge in [-0.25, -0.2) is 0 Å². The van der Waals surface area contributed by atoms with Crippen LogP contribution in [0.2, 0.25) is 0 Å². The summed E-state index contributed by atoms with van der Waals surface area (Å²) in [6.45, 7) is 4.48. The highest BCUT2D eigenvalue weighted by Crippen LogP contribution is 2.22. The molecule has 1 unspecified atom stereocenters. The van der Waals surface area contributed by atoms with Gasteiger partial charge < -0.3 is 10.4 Å². The van der Waals surface area contributed by atoms with Gasteiger partial charge in [0.15, 0.2) is 0 Å². The van der Waals surface area contributed by atoms with Crippen LogP contribution in [0.25, 0.3) is 0 Å². The third-order valence-electron chi connectivity index (χ3n) is 2.21. The SMILES string of the molecule is C=C1CCCC1NCCC(=O)O. The lowest BCUT2D eigenvalue weighted by Gasteiger charge is -2.11. The lowest BCUT2D eigenvalue weighted by atomic mass is 10.2. The van der Waals surface area contributed by atoms with Crippen LogP contribution < -0.4 is 5.32 Å². The minimum atomic E-state index is -0.744. The Hall–Kier alpha value is -0.830. The predicted octanol–water partition coefficient (Wildman–Crippen LogP) is 1.16. The van der Waals surface area contributed by atoms with Gasteiger partial charge in [0.2, 0.25) is 0 Å². The maximum Gasteiger partial charge on any atom is 0.304 e. The van der Waals surface area contributed by atoms with Crippen LogP contribution in [0.3, 0.4) is 0 Å². The zero-order valence-corrected chi connectivity index (χ0v) is 7.18. The molecule has 1 saturated carbocycles. The smallest absolute Gasteiger partial charge is 0.304 e. The first-order valence-corrected chi connectivity index (χ1v) is 4.33. The maximum atomic E-state index is 10.2. The van der Waals surface area contributed by atoms with Gasteiger partial charge in [-0.15, -0.1) is 0 Å². The van der Waals surface area contributed by atoms with Crippen LogP contribution in [-0.4, -0.2) is 23.7 Å². The lowest BCUT2D eigenvalue weighted by molar-refractivity contribution is -0.136. The molecule has 0 bridgehead atoms. The van der Waals surface area contributed by atoms with Crippen molar-refractivity contribution in [1.29, 1.82) is 0 Å². The third-order valence-corrected chi connectivity index (χ3v) is 2.21. The van der Waals surface area contributed by atoms with E-state index in [0.717, 1.165) is 12.8 Å². The zero-order chi connectivity index (χ0) is 8.97. The van der Waals surface area contributed by atoms with Gasteiger partial charge in [0.25, 0.3) is 0 Å². The molecule has 1 rings (SSSR count). The Labute approximate surface area is 72.5 Å². The second kappa shape index (κ2) is 4.26. The predicted molar refractivity (Wildman–Crippen MR) is 47.0 cm³/mol. The first kappa shape index (κ1) is 9.26. The van der Waals surface area contributed by atoms with E-state index >= 15 is 0 Å². The average molecular weight is 169 g/mol. The molecule has 0 aromatic heterocycles. The Morgan fingerprint density at radius 2 is 2.50 bits per heavy atom. The molecule has 1 aliphatic rings. The van der Waals surface area contributed by atoms with Gasteiger partial charge in [0, 0.05) is 12.6 Å². The molecule has 12 heavy (non-hydrogen) atoms. The summed E-state index contributed by atoms with van der Waals surface area (Å²) in [6.07, 6.45) is 3.58. The van der Waals surface area contributed by atoms with Crippen LogP contribution in [0.15, 0.2) is 12.2 Å². The molecule has 0 aromatic rings. The first-order chi connectivity index (χ1) is 5.70. The number of aliphatic carboxylic acids is 1. The van der Waals surface area contributed by atoms with Crippen molar-refractivity contribution in [2.24, 2.45) is 0 Å². The van der Waals surface area contributed by atoms with Crippen molar-refractivity contribution >= 4 is 5.97 Å². The van der Waals surface area contributed by atoms with Crippen LogP contribution in [-0.2, 0) is 4.79 Å². The molecule has 1 atom stereocenters. The fourth-order valence-corrected chi connectivity index (χ4v) is 1.51. The quantitative estimate of drug-likeness (QED) is 0.621. The van der Waals surface area contributed by atoms with Crippen molar-refractivity contribution in [3.63, 3.8) is 0 Å². The van der Waals surface area contributed by atoms with Gasteiger partial charge in [0.1, 0.15) is 0 Å². The van der Waals surface area contributed by atoms with Crippen molar-refractivity contribution in [2.45, 2.75) is 31.7 Å². The van der Waals surface area contributed by atoms with E-state index < -0.39 is 5.97 Å². The van der Waals surface area contributed by atoms with Crippen LogP contribution in [0.5, 0.6) is 0 Å². The fraction of sp³-hybridized carbons (Fsp3) is 0.667. The summed E-state index contributed by atoms with van der Waals surface area (Å²) in [6, 6.07) is 0.365. The van der Waals surface area contributed by atoms with Crippen molar-refractivity contribution in [3.05, 3.63) is 12.2 Å². The van der Waals surface area contributed by atoms with Gasteiger partial charge >= 0.3 is 5.97 Å². The highest BCUT2D eigenvalue weighted by Gasteiger charge is 2.17. The average Bonchev–Trinajstić information content (AvgIpc) is 2.36. The van der Waals surface area contributed by atoms with Gasteiger partial charge in [-0.2, -0.15) is 0 Å². The molecule has 0 amide bonds. The summed E-state index contributed by atoms with van der Waals surface area (Å²) < 4.78 is 0. The van der Waals surface area contributed by atoms with E-state index in [1.54, 1.807) is 0 Å². The van der Waals surface area contributed by atoms with Crippen LogP contribution in [0, 0.1) is 0 Å². The zero-order valence-electron chi connectivity index (χ0n) is 7.18. The van der Waals surface area contributed by atoms with E-state index in [4.69, 9.17) is 5.11 Å². The molecule has 0 aliphatic heterocycles. The molecule has 1 fully saturated rings. The summed E-state index contributed by atoms with van der Waals surface area (Å²) in [5.41, 5.74) is 1.22. The van der Waals surface area contributed by atoms with Crippen LogP contribution in [0.4, 0.5) is 0 Å². The Kier molecular flexibility index (Phi) is 3.29. The van der Waals surface area contributed by atoms with Gasteiger partial charge in [-0.05, 0) is 19.3 Å². The summed E-state index contributed by atoms with van der Waals surface area (Å²) in [4.78, 5) is 10.2. The van der Waals surface area contributed by atoms with E-state index in [1.807, 2.05) is 0 Å². The molecule has 1 aliphatic carbocycles. The number of rotatable bonds is 4. The molecule has 0 saturated heterocycles. The molecule has 3 heteroatoms. The molecule has 2 N–H and O–H groups in total. The minimum absolute atomic E-state index is 0.198. The third kappa shape index (κ3) is 2.66. The van der Waals surface area contributed by atoms with Crippen molar-refractivity contribution in [2.75, 3.05) is 6.54 Å². The van der Waals surface area contributed by atoms with Crippen molar-refractivity contribution in [3.8, 4) is 0 Å². The van der Waals surface area contributed by atoms with Crippen molar-refractivity contribution in [1.82, 2.24) is 5.32 Å². The van der Waals surface area contributed by atoms with E-state index in [1.165, 1.54) is 12.0 Å². The second-order valence-electron chi connectivity index (χ2n) is 3.20. The minimum Gasteiger partial charge on any atom is -0.481 e. The highest BCUT2D eigenvalue weighted by atomic mass is 16.4. The molecule has 0 radical (unpaired) electrons. The first-order valence-electron chi connectivity index (χ1n) is 4.33. The number of carbonyl (C=O) groups is 1. The molecular formula is C9H15NO2. The Bertz CT molecular complexity index is 189. The molecular weight excluding hydrogens is 154 g/mol. The highest BCUT2D eigenvalue weighted by molar-refractivity contribution is 5.66. The topological polar surface area (TPSA) is 49.3 Å². The molecule has 0 spiro atoms. The van der Waals surface area contributed by atoms with Gasteiger partial charge in [0.05, 0.1) is 6.42 Å². The second-order valence-corrected chi connectivity index (χ2v) is 3.20. The lowest BCUT2D eigenvalue weighted by Crippen LogP contribution is -2.29. The number of carboxylic acid groups (broad SMARTS) is 1. The Morgan fingerprint density at radius 3 is 3.00 bits per heavy atom. The van der Waals surface area contributed by atoms with Gasteiger partial charge in [-0.1, -0.05) is 12.2 Å². The number of hydrogen-bond acceptors (Lipinski definition) is 2.